The first-order valence-electron chi connectivity index (χ1n) is 7.92. The van der Waals surface area contributed by atoms with E-state index in [0.717, 1.165) is 42.0 Å². The van der Waals surface area contributed by atoms with Crippen molar-refractivity contribution in [2.24, 2.45) is 5.92 Å². The molecule has 6 nitrogen and oxygen atoms in total. The zero-order chi connectivity index (χ0) is 16.1. The van der Waals surface area contributed by atoms with Gasteiger partial charge in [0.2, 0.25) is 11.8 Å². The fourth-order valence-corrected chi connectivity index (χ4v) is 2.87. The minimum absolute atomic E-state index is 0.544. The molecule has 0 aliphatic carbocycles. The lowest BCUT2D eigenvalue weighted by Gasteiger charge is -2.31. The van der Waals surface area contributed by atoms with E-state index in [9.17, 15) is 0 Å². The Kier molecular flexibility index (Phi) is 5.58. The molecule has 3 heterocycles. The van der Waals surface area contributed by atoms with Crippen molar-refractivity contribution in [3.63, 3.8) is 0 Å². The molecule has 0 amide bonds. The zero-order valence-electron chi connectivity index (χ0n) is 13.2. The number of halogens is 1. The number of hydrogen-bond acceptors (Lipinski definition) is 6. The smallest absolute Gasteiger partial charge is 0.233 e. The van der Waals surface area contributed by atoms with Crippen LogP contribution < -0.4 is 9.64 Å². The topological polar surface area (TPSA) is 64.0 Å². The molecule has 1 fully saturated rings. The molecule has 7 heteroatoms. The summed E-state index contributed by atoms with van der Waals surface area (Å²) in [6, 6.07) is 3.77. The standard InChI is InChI=1S/C16H20IN5O/c1-2-12-9-18-16(19-10-12)22-7-5-13(6-8-22)11-23-15-4-3-14(17)20-21-15/h3-4,9-10,13H,2,5-8,11H2,1H3. The second-order valence-electron chi connectivity index (χ2n) is 5.68. The third-order valence-electron chi connectivity index (χ3n) is 4.07. The van der Waals surface area contributed by atoms with Gasteiger partial charge in [0.05, 0.1) is 6.61 Å². The highest BCUT2D eigenvalue weighted by atomic mass is 127. The van der Waals surface area contributed by atoms with E-state index in [1.54, 1.807) is 0 Å². The summed E-state index contributed by atoms with van der Waals surface area (Å²) in [6.45, 7) is 4.75. The van der Waals surface area contributed by atoms with Crippen LogP contribution in [0.15, 0.2) is 24.5 Å². The summed E-state index contributed by atoms with van der Waals surface area (Å²) in [4.78, 5) is 11.2. The van der Waals surface area contributed by atoms with Crippen LogP contribution in [0.5, 0.6) is 5.88 Å². The summed E-state index contributed by atoms with van der Waals surface area (Å²) >= 11 is 2.13. The number of piperidine rings is 1. The lowest BCUT2D eigenvalue weighted by molar-refractivity contribution is 0.213. The zero-order valence-corrected chi connectivity index (χ0v) is 15.3. The van der Waals surface area contributed by atoms with Crippen LogP contribution in [0.1, 0.15) is 25.3 Å². The van der Waals surface area contributed by atoms with E-state index in [1.807, 2.05) is 24.5 Å². The Morgan fingerprint density at radius 2 is 1.91 bits per heavy atom. The molecule has 23 heavy (non-hydrogen) atoms. The fourth-order valence-electron chi connectivity index (χ4n) is 2.58. The number of aryl methyl sites for hydroxylation is 1. The maximum absolute atomic E-state index is 5.74. The van der Waals surface area contributed by atoms with Gasteiger partial charge < -0.3 is 9.64 Å². The van der Waals surface area contributed by atoms with Crippen molar-refractivity contribution in [2.75, 3.05) is 24.6 Å². The molecule has 3 rings (SSSR count). The van der Waals surface area contributed by atoms with E-state index < -0.39 is 0 Å². The van der Waals surface area contributed by atoms with Crippen LogP contribution >= 0.6 is 22.6 Å². The SMILES string of the molecule is CCc1cnc(N2CCC(COc3ccc(I)nn3)CC2)nc1. The molecule has 1 saturated heterocycles. The van der Waals surface area contributed by atoms with Crippen molar-refractivity contribution in [1.82, 2.24) is 20.2 Å². The van der Waals surface area contributed by atoms with Gasteiger partial charge in [-0.2, -0.15) is 0 Å². The third kappa shape index (κ3) is 4.49. The number of anilines is 1. The van der Waals surface area contributed by atoms with Gasteiger partial charge in [0.25, 0.3) is 0 Å². The van der Waals surface area contributed by atoms with Gasteiger partial charge in [0, 0.05) is 31.5 Å². The third-order valence-corrected chi connectivity index (χ3v) is 4.65. The summed E-state index contributed by atoms with van der Waals surface area (Å²) in [7, 11) is 0. The van der Waals surface area contributed by atoms with Gasteiger partial charge in [-0.05, 0) is 59.4 Å². The number of ether oxygens (including phenoxy) is 1. The Hall–Kier alpha value is -1.51. The highest BCUT2D eigenvalue weighted by Gasteiger charge is 2.21. The Morgan fingerprint density at radius 3 is 2.52 bits per heavy atom. The quantitative estimate of drug-likeness (QED) is 0.687. The summed E-state index contributed by atoms with van der Waals surface area (Å²) in [5, 5.41) is 8.03. The maximum atomic E-state index is 5.74. The Morgan fingerprint density at radius 1 is 1.17 bits per heavy atom. The average Bonchev–Trinajstić information content (AvgIpc) is 2.62. The van der Waals surface area contributed by atoms with E-state index in [1.165, 1.54) is 5.56 Å². The van der Waals surface area contributed by atoms with Crippen molar-refractivity contribution in [2.45, 2.75) is 26.2 Å². The molecule has 0 spiro atoms. The molecule has 122 valence electrons. The Bertz CT molecular complexity index is 611. The maximum Gasteiger partial charge on any atom is 0.233 e. The number of hydrogen-bond donors (Lipinski definition) is 0. The molecular formula is C16H20IN5O. The Balaban J connectivity index is 1.47. The molecule has 0 unspecified atom stereocenters. The average molecular weight is 425 g/mol. The van der Waals surface area contributed by atoms with Gasteiger partial charge in [-0.15, -0.1) is 10.2 Å². The van der Waals surface area contributed by atoms with Crippen LogP contribution in [0.3, 0.4) is 0 Å². The van der Waals surface area contributed by atoms with E-state index >= 15 is 0 Å². The Labute approximate surface area is 149 Å². The van der Waals surface area contributed by atoms with Crippen molar-refractivity contribution < 1.29 is 4.74 Å². The minimum atomic E-state index is 0.544. The second-order valence-corrected chi connectivity index (χ2v) is 6.79. The highest BCUT2D eigenvalue weighted by molar-refractivity contribution is 14.1. The molecule has 2 aromatic heterocycles. The molecule has 0 N–H and O–H groups in total. The van der Waals surface area contributed by atoms with Gasteiger partial charge in [0.15, 0.2) is 0 Å². The van der Waals surface area contributed by atoms with E-state index in [-0.39, 0.29) is 0 Å². The number of rotatable bonds is 5. The first-order chi connectivity index (χ1) is 11.2. The van der Waals surface area contributed by atoms with Crippen molar-refractivity contribution in [3.8, 4) is 5.88 Å². The van der Waals surface area contributed by atoms with Gasteiger partial charge in [-0.3, -0.25) is 0 Å². The van der Waals surface area contributed by atoms with Crippen LogP contribution in [0.25, 0.3) is 0 Å². The predicted octanol–water partition coefficient (Wildman–Crippen LogP) is 2.73. The van der Waals surface area contributed by atoms with Crippen molar-refractivity contribution in [3.05, 3.63) is 33.8 Å². The van der Waals surface area contributed by atoms with E-state index in [0.29, 0.717) is 18.4 Å². The number of nitrogens with zero attached hydrogens (tertiary/aromatic N) is 5. The normalized spacial score (nSPS) is 15.7. The minimum Gasteiger partial charge on any atom is -0.476 e. The van der Waals surface area contributed by atoms with Gasteiger partial charge in [-0.1, -0.05) is 6.92 Å². The summed E-state index contributed by atoms with van der Waals surface area (Å²) in [5.74, 6) is 1.98. The number of aromatic nitrogens is 4. The van der Waals surface area contributed by atoms with Gasteiger partial charge >= 0.3 is 0 Å². The van der Waals surface area contributed by atoms with Gasteiger partial charge in [-0.25, -0.2) is 9.97 Å². The first-order valence-corrected chi connectivity index (χ1v) is 9.00. The molecule has 1 aliphatic rings. The lowest BCUT2D eigenvalue weighted by atomic mass is 9.98. The van der Waals surface area contributed by atoms with Crippen LogP contribution in [-0.4, -0.2) is 39.9 Å². The van der Waals surface area contributed by atoms with Crippen molar-refractivity contribution in [1.29, 1.82) is 0 Å². The summed E-state index contributed by atoms with van der Waals surface area (Å²) in [6.07, 6.45) is 6.98. The molecular weight excluding hydrogens is 405 g/mol. The highest BCUT2D eigenvalue weighted by Crippen LogP contribution is 2.21. The largest absolute Gasteiger partial charge is 0.476 e. The van der Waals surface area contributed by atoms with Crippen LogP contribution in [0.2, 0.25) is 0 Å². The molecule has 2 aromatic rings. The molecule has 0 bridgehead atoms. The van der Waals surface area contributed by atoms with Crippen molar-refractivity contribution >= 4 is 28.5 Å². The van der Waals surface area contributed by atoms with Gasteiger partial charge in [0.1, 0.15) is 3.70 Å². The predicted molar refractivity (Wildman–Crippen MR) is 96.6 cm³/mol. The van der Waals surface area contributed by atoms with E-state index in [2.05, 4.69) is 54.6 Å². The molecule has 0 radical (unpaired) electrons. The second kappa shape index (κ2) is 7.85. The monoisotopic (exact) mass is 425 g/mol. The van der Waals surface area contributed by atoms with E-state index in [4.69, 9.17) is 4.74 Å². The molecule has 0 saturated carbocycles. The first kappa shape index (κ1) is 16.4. The summed E-state index contributed by atoms with van der Waals surface area (Å²) in [5.41, 5.74) is 1.18. The molecule has 0 aromatic carbocycles. The summed E-state index contributed by atoms with van der Waals surface area (Å²) < 4.78 is 6.62. The molecule has 0 atom stereocenters. The van der Waals surface area contributed by atoms with Crippen LogP contribution in [0, 0.1) is 9.62 Å². The fraction of sp³-hybridized carbons (Fsp3) is 0.500. The van der Waals surface area contributed by atoms with Crippen LogP contribution in [-0.2, 0) is 6.42 Å². The molecule has 1 aliphatic heterocycles. The van der Waals surface area contributed by atoms with Crippen LogP contribution in [0.4, 0.5) is 5.95 Å². The lowest BCUT2D eigenvalue weighted by Crippen LogP contribution is -2.36.